The standard InChI is InChI=1S/C19H26N2O2/c22-19(20-10-14-6-7-14)17-12-21(11-15-4-2-1-3-5-15)13-18-16(17)8-9-23-18/h1-5,14,16-18H,6-13H2,(H,20,22)/t16-,17+,18+/m0/s1. The van der Waals surface area contributed by atoms with E-state index in [-0.39, 0.29) is 17.9 Å². The SMILES string of the molecule is O=C(NCC1CC1)[C@@H]1CN(Cc2ccccc2)C[C@H]2OCC[C@H]21. The molecule has 2 aliphatic heterocycles. The zero-order valence-electron chi connectivity index (χ0n) is 13.6. The van der Waals surface area contributed by atoms with Gasteiger partial charge < -0.3 is 10.1 Å². The van der Waals surface area contributed by atoms with Crippen LogP contribution in [0.1, 0.15) is 24.8 Å². The van der Waals surface area contributed by atoms with Gasteiger partial charge in [-0.15, -0.1) is 0 Å². The summed E-state index contributed by atoms with van der Waals surface area (Å²) in [6.07, 6.45) is 3.82. The Balaban J connectivity index is 1.42. The Morgan fingerprint density at radius 3 is 2.78 bits per heavy atom. The van der Waals surface area contributed by atoms with Crippen LogP contribution in [0.15, 0.2) is 30.3 Å². The van der Waals surface area contributed by atoms with E-state index < -0.39 is 0 Å². The van der Waals surface area contributed by atoms with Gasteiger partial charge in [-0.2, -0.15) is 0 Å². The van der Waals surface area contributed by atoms with Gasteiger partial charge in [0.25, 0.3) is 0 Å². The fourth-order valence-corrected chi connectivity index (χ4v) is 4.00. The second-order valence-electron chi connectivity index (χ2n) is 7.34. The van der Waals surface area contributed by atoms with E-state index in [0.29, 0.717) is 5.92 Å². The van der Waals surface area contributed by atoms with E-state index in [9.17, 15) is 4.79 Å². The fourth-order valence-electron chi connectivity index (χ4n) is 4.00. The van der Waals surface area contributed by atoms with E-state index in [0.717, 1.165) is 45.1 Å². The number of carbonyl (C=O) groups excluding carboxylic acids is 1. The number of benzene rings is 1. The third kappa shape index (κ3) is 3.59. The molecule has 4 rings (SSSR count). The van der Waals surface area contributed by atoms with Crippen LogP contribution in [0.2, 0.25) is 0 Å². The van der Waals surface area contributed by atoms with E-state index >= 15 is 0 Å². The Morgan fingerprint density at radius 2 is 2.00 bits per heavy atom. The van der Waals surface area contributed by atoms with Crippen molar-refractivity contribution >= 4 is 5.91 Å². The van der Waals surface area contributed by atoms with E-state index in [2.05, 4.69) is 34.5 Å². The zero-order valence-corrected chi connectivity index (χ0v) is 13.6. The minimum absolute atomic E-state index is 0.0821. The van der Waals surface area contributed by atoms with Crippen molar-refractivity contribution in [2.45, 2.75) is 31.9 Å². The molecule has 0 radical (unpaired) electrons. The predicted octanol–water partition coefficient (Wildman–Crippen LogP) is 2.05. The molecule has 1 aromatic rings. The summed E-state index contributed by atoms with van der Waals surface area (Å²) < 4.78 is 5.92. The molecule has 0 bridgehead atoms. The first-order valence-electron chi connectivity index (χ1n) is 8.95. The molecule has 4 heteroatoms. The van der Waals surface area contributed by atoms with E-state index in [1.165, 1.54) is 18.4 Å². The lowest BCUT2D eigenvalue weighted by Crippen LogP contribution is -2.52. The van der Waals surface area contributed by atoms with Crippen LogP contribution < -0.4 is 5.32 Å². The van der Waals surface area contributed by atoms with Crippen LogP contribution in [0.5, 0.6) is 0 Å². The van der Waals surface area contributed by atoms with Crippen molar-refractivity contribution in [2.75, 3.05) is 26.2 Å². The second kappa shape index (κ2) is 6.62. The van der Waals surface area contributed by atoms with Gasteiger partial charge in [0.15, 0.2) is 0 Å². The number of amides is 1. The molecule has 2 saturated heterocycles. The van der Waals surface area contributed by atoms with Crippen molar-refractivity contribution in [2.24, 2.45) is 17.8 Å². The average molecular weight is 314 g/mol. The van der Waals surface area contributed by atoms with Gasteiger partial charge in [-0.05, 0) is 30.7 Å². The molecular weight excluding hydrogens is 288 g/mol. The number of likely N-dealkylation sites (tertiary alicyclic amines) is 1. The molecule has 3 atom stereocenters. The molecule has 1 N–H and O–H groups in total. The Bertz CT molecular complexity index is 544. The van der Waals surface area contributed by atoms with Crippen LogP contribution >= 0.6 is 0 Å². The second-order valence-corrected chi connectivity index (χ2v) is 7.34. The van der Waals surface area contributed by atoms with Gasteiger partial charge in [0.05, 0.1) is 12.0 Å². The highest BCUT2D eigenvalue weighted by Crippen LogP contribution is 2.35. The highest BCUT2D eigenvalue weighted by Gasteiger charge is 2.43. The first kappa shape index (κ1) is 15.2. The predicted molar refractivity (Wildman–Crippen MR) is 88.8 cm³/mol. The summed E-state index contributed by atoms with van der Waals surface area (Å²) in [7, 11) is 0. The number of fused-ring (bicyclic) bond motifs is 1. The highest BCUT2D eigenvalue weighted by atomic mass is 16.5. The summed E-state index contributed by atoms with van der Waals surface area (Å²) in [5.74, 6) is 1.47. The minimum Gasteiger partial charge on any atom is -0.377 e. The Kier molecular flexibility index (Phi) is 4.36. The normalized spacial score (nSPS) is 30.9. The van der Waals surface area contributed by atoms with Crippen molar-refractivity contribution in [3.8, 4) is 0 Å². The summed E-state index contributed by atoms with van der Waals surface area (Å²) >= 11 is 0. The van der Waals surface area contributed by atoms with Gasteiger partial charge in [0.1, 0.15) is 0 Å². The molecule has 1 amide bonds. The van der Waals surface area contributed by atoms with Crippen molar-refractivity contribution in [1.82, 2.24) is 10.2 Å². The van der Waals surface area contributed by atoms with Gasteiger partial charge in [-0.25, -0.2) is 0 Å². The number of hydrogen-bond acceptors (Lipinski definition) is 3. The molecule has 4 nitrogen and oxygen atoms in total. The van der Waals surface area contributed by atoms with Gasteiger partial charge in [-0.1, -0.05) is 30.3 Å². The van der Waals surface area contributed by atoms with Crippen molar-refractivity contribution < 1.29 is 9.53 Å². The number of hydrogen-bond donors (Lipinski definition) is 1. The highest BCUT2D eigenvalue weighted by molar-refractivity contribution is 5.79. The van der Waals surface area contributed by atoms with Gasteiger partial charge in [0, 0.05) is 38.7 Å². The van der Waals surface area contributed by atoms with E-state index in [1.807, 2.05) is 6.07 Å². The molecule has 1 aliphatic carbocycles. The molecular formula is C19H26N2O2. The number of piperidine rings is 1. The summed E-state index contributed by atoms with van der Waals surface area (Å²) in [6, 6.07) is 10.5. The van der Waals surface area contributed by atoms with Crippen LogP contribution in [0.3, 0.4) is 0 Å². The lowest BCUT2D eigenvalue weighted by Gasteiger charge is -2.39. The average Bonchev–Trinajstić information content (AvgIpc) is 3.29. The zero-order chi connectivity index (χ0) is 15.6. The molecule has 3 aliphatic rings. The summed E-state index contributed by atoms with van der Waals surface area (Å²) in [4.78, 5) is 15.1. The topological polar surface area (TPSA) is 41.6 Å². The van der Waals surface area contributed by atoms with Gasteiger partial charge in [0.2, 0.25) is 5.91 Å². The monoisotopic (exact) mass is 314 g/mol. The lowest BCUT2D eigenvalue weighted by atomic mass is 9.82. The molecule has 3 fully saturated rings. The molecule has 2 heterocycles. The summed E-state index contributed by atoms with van der Waals surface area (Å²) in [5.41, 5.74) is 1.31. The molecule has 0 unspecified atom stereocenters. The van der Waals surface area contributed by atoms with Crippen LogP contribution in [0.4, 0.5) is 0 Å². The summed E-state index contributed by atoms with van der Waals surface area (Å²) in [6.45, 7) is 4.38. The summed E-state index contributed by atoms with van der Waals surface area (Å²) in [5, 5.41) is 3.19. The van der Waals surface area contributed by atoms with Crippen LogP contribution in [-0.4, -0.2) is 43.2 Å². The smallest absolute Gasteiger partial charge is 0.224 e. The maximum atomic E-state index is 12.7. The van der Waals surface area contributed by atoms with Crippen molar-refractivity contribution in [3.05, 3.63) is 35.9 Å². The van der Waals surface area contributed by atoms with Crippen molar-refractivity contribution in [1.29, 1.82) is 0 Å². The maximum absolute atomic E-state index is 12.7. The third-order valence-electron chi connectivity index (χ3n) is 5.52. The van der Waals surface area contributed by atoms with Gasteiger partial charge >= 0.3 is 0 Å². The number of nitrogens with zero attached hydrogens (tertiary/aromatic N) is 1. The molecule has 23 heavy (non-hydrogen) atoms. The fraction of sp³-hybridized carbons (Fsp3) is 0.632. The first-order chi connectivity index (χ1) is 11.3. The number of nitrogens with one attached hydrogen (secondary N) is 1. The first-order valence-corrected chi connectivity index (χ1v) is 8.95. The lowest BCUT2D eigenvalue weighted by molar-refractivity contribution is -0.131. The number of rotatable bonds is 5. The molecule has 1 saturated carbocycles. The minimum atomic E-state index is 0.0821. The molecule has 124 valence electrons. The third-order valence-corrected chi connectivity index (χ3v) is 5.52. The van der Waals surface area contributed by atoms with E-state index in [4.69, 9.17) is 4.74 Å². The quantitative estimate of drug-likeness (QED) is 0.904. The Labute approximate surface area is 138 Å². The van der Waals surface area contributed by atoms with E-state index in [1.54, 1.807) is 0 Å². The Hall–Kier alpha value is -1.39. The Morgan fingerprint density at radius 1 is 1.17 bits per heavy atom. The van der Waals surface area contributed by atoms with Crippen LogP contribution in [-0.2, 0) is 16.1 Å². The van der Waals surface area contributed by atoms with Crippen molar-refractivity contribution in [3.63, 3.8) is 0 Å². The molecule has 0 aromatic heterocycles. The van der Waals surface area contributed by atoms with Crippen LogP contribution in [0, 0.1) is 17.8 Å². The molecule has 1 aromatic carbocycles. The molecule has 0 spiro atoms. The van der Waals surface area contributed by atoms with Gasteiger partial charge in [-0.3, -0.25) is 9.69 Å². The van der Waals surface area contributed by atoms with Crippen LogP contribution in [0.25, 0.3) is 0 Å². The maximum Gasteiger partial charge on any atom is 0.224 e. The largest absolute Gasteiger partial charge is 0.377 e. The number of carbonyl (C=O) groups is 1. The number of ether oxygens (including phenoxy) is 1.